The highest BCUT2D eigenvalue weighted by molar-refractivity contribution is 6.30. The van der Waals surface area contributed by atoms with Gasteiger partial charge in [-0.1, -0.05) is 11.6 Å². The van der Waals surface area contributed by atoms with Gasteiger partial charge in [0.2, 0.25) is 0 Å². The molecule has 2 atom stereocenters. The van der Waals surface area contributed by atoms with Gasteiger partial charge in [0.1, 0.15) is 23.3 Å². The molecule has 3 aromatic carbocycles. The van der Waals surface area contributed by atoms with Crippen molar-refractivity contribution in [2.75, 3.05) is 30.0 Å². The average Bonchev–Trinajstić information content (AvgIpc) is 2.83. The molecule has 0 radical (unpaired) electrons. The number of hydrogen-bond acceptors (Lipinski definition) is 5. The standard InChI is InChI=1S/C26H27ClN2O4/c1-3-31-21-13-7-19(8-14-21)28-17-24-25(33-23-11-5-18(27)6-12-23)26(30)29(24)20-9-15-22(16-10-20)32-4-2/h5-16,24-25,28H,3-4,17H2,1-2H3. The Morgan fingerprint density at radius 3 is 1.94 bits per heavy atom. The number of amides is 1. The van der Waals surface area contributed by atoms with E-state index in [2.05, 4.69) is 5.32 Å². The Kier molecular flexibility index (Phi) is 7.25. The number of anilines is 2. The molecule has 1 heterocycles. The van der Waals surface area contributed by atoms with Crippen LogP contribution in [0.4, 0.5) is 11.4 Å². The van der Waals surface area contributed by atoms with E-state index in [1.165, 1.54) is 0 Å². The molecule has 0 aromatic heterocycles. The first-order chi connectivity index (χ1) is 16.1. The molecular weight excluding hydrogens is 440 g/mol. The van der Waals surface area contributed by atoms with Crippen LogP contribution in [0, 0.1) is 0 Å². The maximum Gasteiger partial charge on any atom is 0.270 e. The third-order valence-electron chi connectivity index (χ3n) is 5.35. The number of nitrogens with one attached hydrogen (secondary N) is 1. The summed E-state index contributed by atoms with van der Waals surface area (Å²) in [5.74, 6) is 2.11. The normalized spacial score (nSPS) is 17.3. The minimum absolute atomic E-state index is 0.0902. The number of hydrogen-bond donors (Lipinski definition) is 1. The molecule has 0 bridgehead atoms. The number of β-lactam (4-membered cyclic amide) rings is 1. The molecule has 2 unspecified atom stereocenters. The first kappa shape index (κ1) is 22.8. The predicted octanol–water partition coefficient (Wildman–Crippen LogP) is 5.41. The molecule has 33 heavy (non-hydrogen) atoms. The van der Waals surface area contributed by atoms with Crippen molar-refractivity contribution in [3.8, 4) is 17.2 Å². The van der Waals surface area contributed by atoms with Crippen molar-refractivity contribution in [2.24, 2.45) is 0 Å². The lowest BCUT2D eigenvalue weighted by molar-refractivity contribution is -0.134. The summed E-state index contributed by atoms with van der Waals surface area (Å²) in [6.07, 6.45) is -0.604. The van der Waals surface area contributed by atoms with Crippen LogP contribution < -0.4 is 24.4 Å². The zero-order valence-electron chi connectivity index (χ0n) is 18.7. The molecule has 3 aromatic rings. The maximum atomic E-state index is 13.1. The lowest BCUT2D eigenvalue weighted by Crippen LogP contribution is -2.69. The average molecular weight is 467 g/mol. The number of carbonyl (C=O) groups excluding carboxylic acids is 1. The quantitative estimate of drug-likeness (QED) is 0.405. The van der Waals surface area contributed by atoms with Crippen LogP contribution in [-0.4, -0.2) is 37.8 Å². The molecule has 1 fully saturated rings. The molecular formula is C26H27ClN2O4. The molecule has 7 heteroatoms. The second-order valence-electron chi connectivity index (χ2n) is 7.53. The summed E-state index contributed by atoms with van der Waals surface area (Å²) in [5, 5.41) is 4.04. The number of halogens is 1. The van der Waals surface area contributed by atoms with Crippen LogP contribution in [0.5, 0.6) is 17.2 Å². The summed E-state index contributed by atoms with van der Waals surface area (Å²) < 4.78 is 17.1. The fourth-order valence-corrected chi connectivity index (χ4v) is 3.88. The fourth-order valence-electron chi connectivity index (χ4n) is 3.75. The van der Waals surface area contributed by atoms with Crippen molar-refractivity contribution < 1.29 is 19.0 Å². The minimum Gasteiger partial charge on any atom is -0.494 e. The molecule has 172 valence electrons. The Balaban J connectivity index is 1.50. The number of rotatable bonds is 10. The SMILES string of the molecule is CCOc1ccc(NCC2C(Oc3ccc(Cl)cc3)C(=O)N2c2ccc(OCC)cc2)cc1. The van der Waals surface area contributed by atoms with E-state index < -0.39 is 6.10 Å². The van der Waals surface area contributed by atoms with E-state index in [0.717, 1.165) is 22.9 Å². The van der Waals surface area contributed by atoms with E-state index in [4.69, 9.17) is 25.8 Å². The molecule has 0 aliphatic carbocycles. The van der Waals surface area contributed by atoms with Crippen molar-refractivity contribution in [3.05, 3.63) is 77.8 Å². The molecule has 6 nitrogen and oxygen atoms in total. The summed E-state index contributed by atoms with van der Waals surface area (Å²) in [6, 6.07) is 22.1. The lowest BCUT2D eigenvalue weighted by atomic mass is 9.96. The van der Waals surface area contributed by atoms with Crippen molar-refractivity contribution in [3.63, 3.8) is 0 Å². The number of ether oxygens (including phenoxy) is 3. The van der Waals surface area contributed by atoms with Crippen molar-refractivity contribution >= 4 is 28.9 Å². The van der Waals surface area contributed by atoms with Gasteiger partial charge in [-0.05, 0) is 86.6 Å². The molecule has 1 amide bonds. The summed E-state index contributed by atoms with van der Waals surface area (Å²) in [6.45, 7) is 5.63. The van der Waals surface area contributed by atoms with E-state index in [0.29, 0.717) is 30.5 Å². The third-order valence-corrected chi connectivity index (χ3v) is 5.60. The van der Waals surface area contributed by atoms with E-state index in [1.54, 1.807) is 29.2 Å². The lowest BCUT2D eigenvalue weighted by Gasteiger charge is -2.46. The van der Waals surface area contributed by atoms with Gasteiger partial charge in [-0.3, -0.25) is 9.69 Å². The van der Waals surface area contributed by atoms with Gasteiger partial charge in [0, 0.05) is 22.9 Å². The van der Waals surface area contributed by atoms with Crippen LogP contribution in [0.3, 0.4) is 0 Å². The first-order valence-electron chi connectivity index (χ1n) is 11.0. The zero-order chi connectivity index (χ0) is 23.2. The summed E-state index contributed by atoms with van der Waals surface area (Å²) >= 11 is 5.98. The Morgan fingerprint density at radius 1 is 0.818 bits per heavy atom. The van der Waals surface area contributed by atoms with Gasteiger partial charge in [-0.25, -0.2) is 0 Å². The zero-order valence-corrected chi connectivity index (χ0v) is 19.4. The van der Waals surface area contributed by atoms with Crippen LogP contribution in [0.25, 0.3) is 0 Å². The Hall–Kier alpha value is -3.38. The Morgan fingerprint density at radius 2 is 1.36 bits per heavy atom. The van der Waals surface area contributed by atoms with Gasteiger partial charge in [0.15, 0.2) is 6.10 Å². The van der Waals surface area contributed by atoms with E-state index in [9.17, 15) is 4.79 Å². The smallest absolute Gasteiger partial charge is 0.270 e. The van der Waals surface area contributed by atoms with Crippen molar-refractivity contribution in [1.29, 1.82) is 0 Å². The van der Waals surface area contributed by atoms with Crippen molar-refractivity contribution in [1.82, 2.24) is 0 Å². The Bertz CT molecular complexity index is 1060. The van der Waals surface area contributed by atoms with Crippen LogP contribution in [0.1, 0.15) is 13.8 Å². The van der Waals surface area contributed by atoms with Crippen molar-refractivity contribution in [2.45, 2.75) is 26.0 Å². The number of carbonyl (C=O) groups is 1. The van der Waals surface area contributed by atoms with Gasteiger partial charge in [0.25, 0.3) is 5.91 Å². The highest BCUT2D eigenvalue weighted by Gasteiger charge is 2.50. The fraction of sp³-hybridized carbons (Fsp3) is 0.269. The van der Waals surface area contributed by atoms with Gasteiger partial charge in [0.05, 0.1) is 13.2 Å². The van der Waals surface area contributed by atoms with E-state index >= 15 is 0 Å². The minimum atomic E-state index is -0.604. The van der Waals surface area contributed by atoms with E-state index in [1.807, 2.05) is 62.4 Å². The molecule has 1 N–H and O–H groups in total. The number of nitrogens with zero attached hydrogens (tertiary/aromatic N) is 1. The maximum absolute atomic E-state index is 13.1. The van der Waals surface area contributed by atoms with Gasteiger partial charge < -0.3 is 19.5 Å². The third kappa shape index (κ3) is 5.34. The van der Waals surface area contributed by atoms with Gasteiger partial charge >= 0.3 is 0 Å². The molecule has 1 aliphatic heterocycles. The Labute approximate surface area is 199 Å². The number of benzene rings is 3. The van der Waals surface area contributed by atoms with Gasteiger partial charge in [-0.15, -0.1) is 0 Å². The monoisotopic (exact) mass is 466 g/mol. The second kappa shape index (κ2) is 10.5. The van der Waals surface area contributed by atoms with E-state index in [-0.39, 0.29) is 11.9 Å². The molecule has 4 rings (SSSR count). The second-order valence-corrected chi connectivity index (χ2v) is 7.97. The van der Waals surface area contributed by atoms with Crippen LogP contribution >= 0.6 is 11.6 Å². The topological polar surface area (TPSA) is 60.0 Å². The summed E-state index contributed by atoms with van der Waals surface area (Å²) in [4.78, 5) is 14.8. The largest absolute Gasteiger partial charge is 0.494 e. The molecule has 0 spiro atoms. The highest BCUT2D eigenvalue weighted by atomic mass is 35.5. The molecule has 1 aliphatic rings. The highest BCUT2D eigenvalue weighted by Crippen LogP contribution is 2.33. The predicted molar refractivity (Wildman–Crippen MR) is 131 cm³/mol. The van der Waals surface area contributed by atoms with Crippen LogP contribution in [0.15, 0.2) is 72.8 Å². The summed E-state index contributed by atoms with van der Waals surface area (Å²) in [7, 11) is 0. The van der Waals surface area contributed by atoms with Gasteiger partial charge in [-0.2, -0.15) is 0 Å². The van der Waals surface area contributed by atoms with Crippen LogP contribution in [-0.2, 0) is 4.79 Å². The van der Waals surface area contributed by atoms with Crippen LogP contribution in [0.2, 0.25) is 5.02 Å². The molecule has 0 saturated carbocycles. The summed E-state index contributed by atoms with van der Waals surface area (Å²) in [5.41, 5.74) is 1.74. The first-order valence-corrected chi connectivity index (χ1v) is 11.4. The molecule has 1 saturated heterocycles.